The number of hydrogen-bond donors (Lipinski definition) is 0. The van der Waals surface area contributed by atoms with Crippen LogP contribution in [0.15, 0.2) is 187 Å². The van der Waals surface area contributed by atoms with Gasteiger partial charge in [-0.1, -0.05) is 145 Å². The molecular formula is C63H52IrN5O. The standard InChI is InChI=1S/C61H52N3O.2CN.Ir/c1-60(2,3)35-46-30-28-41(37-62-46)48-20-10-12-22-50(48)43-32-44(51-23-13-11-21-49(51)42-29-31-47(63-38-42)36-61(4,5)6)34-45(33-43)52-24-14-15-25-53(52)55-39-64-58(40-18-8-7-9-19-40)59-57(55)54-26-16-17-27-56(54)65-59;2*1-2;/h7-18,20-34,37-39H,35-36H2,1-6H3;;;/q3*-1;+3. The van der Waals surface area contributed by atoms with Gasteiger partial charge in [0.2, 0.25) is 0 Å². The molecule has 7 heteroatoms. The molecule has 6 aromatic carbocycles. The smallest absolute Gasteiger partial charge is 0.512 e. The van der Waals surface area contributed by atoms with Gasteiger partial charge in [0, 0.05) is 63.1 Å². The van der Waals surface area contributed by atoms with Crippen LogP contribution in [0.4, 0.5) is 0 Å². The molecule has 0 amide bonds. The molecular weight excluding hydrogens is 1030 g/mol. The molecule has 70 heavy (non-hydrogen) atoms. The quantitative estimate of drug-likeness (QED) is 0.134. The molecule has 6 nitrogen and oxygen atoms in total. The normalized spacial score (nSPS) is 11.2. The first-order valence-electron chi connectivity index (χ1n) is 23.0. The van der Waals surface area contributed by atoms with Gasteiger partial charge in [0.15, 0.2) is 0 Å². The third-order valence-corrected chi connectivity index (χ3v) is 12.0. The van der Waals surface area contributed by atoms with Crippen LogP contribution in [-0.2, 0) is 32.9 Å². The second-order valence-corrected chi connectivity index (χ2v) is 19.6. The minimum atomic E-state index is 0. The summed E-state index contributed by atoms with van der Waals surface area (Å²) in [4.78, 5) is 15.1. The van der Waals surface area contributed by atoms with Crippen LogP contribution in [0, 0.1) is 40.6 Å². The third kappa shape index (κ3) is 10.9. The van der Waals surface area contributed by atoms with E-state index in [-0.39, 0.29) is 30.9 Å². The van der Waals surface area contributed by atoms with Crippen molar-refractivity contribution in [2.24, 2.45) is 10.8 Å². The zero-order chi connectivity index (χ0) is 48.7. The summed E-state index contributed by atoms with van der Waals surface area (Å²) in [6.45, 7) is 23.0. The average molecular weight is 1090 g/mol. The summed E-state index contributed by atoms with van der Waals surface area (Å²) in [5.74, 6) is 0. The number of para-hydroxylation sites is 1. The van der Waals surface area contributed by atoms with Gasteiger partial charge >= 0.3 is 20.1 Å². The van der Waals surface area contributed by atoms with Crippen molar-refractivity contribution in [2.75, 3.05) is 0 Å². The summed E-state index contributed by atoms with van der Waals surface area (Å²) in [7, 11) is 0. The molecule has 0 aliphatic rings. The van der Waals surface area contributed by atoms with E-state index in [9.17, 15) is 0 Å². The van der Waals surface area contributed by atoms with Crippen molar-refractivity contribution in [3.05, 3.63) is 213 Å². The molecule has 0 radical (unpaired) electrons. The summed E-state index contributed by atoms with van der Waals surface area (Å²) in [6.07, 6.45) is 7.92. The summed E-state index contributed by atoms with van der Waals surface area (Å²) < 4.78 is 6.68. The molecule has 0 fully saturated rings. The summed E-state index contributed by atoms with van der Waals surface area (Å²) in [5, 5.41) is 14.6. The fraction of sp³-hybridized carbons (Fsp3) is 0.159. The van der Waals surface area contributed by atoms with Crippen LogP contribution in [0.1, 0.15) is 52.9 Å². The Morgan fingerprint density at radius 2 is 0.886 bits per heavy atom. The van der Waals surface area contributed by atoms with E-state index in [0.29, 0.717) is 0 Å². The summed E-state index contributed by atoms with van der Waals surface area (Å²) in [5.41, 5.74) is 19.0. The molecule has 10 rings (SSSR count). The third-order valence-electron chi connectivity index (χ3n) is 12.0. The molecule has 0 atom stereocenters. The number of nitrogens with zero attached hydrogens (tertiary/aromatic N) is 5. The van der Waals surface area contributed by atoms with E-state index in [1.165, 1.54) is 0 Å². The van der Waals surface area contributed by atoms with Gasteiger partial charge in [0.25, 0.3) is 0 Å². The van der Waals surface area contributed by atoms with E-state index >= 15 is 0 Å². The van der Waals surface area contributed by atoms with Crippen LogP contribution in [0.5, 0.6) is 0 Å². The van der Waals surface area contributed by atoms with Crippen LogP contribution in [0.2, 0.25) is 0 Å². The Labute approximate surface area is 425 Å². The number of pyridine rings is 3. The van der Waals surface area contributed by atoms with Gasteiger partial charge in [-0.05, 0) is 110 Å². The first-order valence-corrected chi connectivity index (χ1v) is 23.0. The number of aromatic nitrogens is 3. The van der Waals surface area contributed by atoms with Gasteiger partial charge in [-0.15, -0.1) is 35.9 Å². The Hall–Kier alpha value is -7.80. The zero-order valence-electron chi connectivity index (χ0n) is 40.2. The number of hydrogen-bond acceptors (Lipinski definition) is 6. The molecule has 0 unspecified atom stereocenters. The van der Waals surface area contributed by atoms with Crippen molar-refractivity contribution in [3.63, 3.8) is 0 Å². The predicted octanol–water partition coefficient (Wildman–Crippen LogP) is 16.6. The van der Waals surface area contributed by atoms with E-state index in [2.05, 4.69) is 175 Å². The SMILES string of the molecule is CC(C)(C)Cc1ccc(-c2ccccc2-c2cc(-c3ccccc3-c3ccc(CC(C)(C)C)nc3)cc(-c3ccccc3-c3cnc(-c4[c-]cccc4)c4oc5ccccc5c34)c2)cn1.[C-]#N.[C-]#N.[Ir+3]. The van der Waals surface area contributed by atoms with Gasteiger partial charge in [0.05, 0.1) is 0 Å². The van der Waals surface area contributed by atoms with Crippen LogP contribution in [0.25, 0.3) is 100.0 Å². The Morgan fingerprint density at radius 1 is 0.457 bits per heavy atom. The van der Waals surface area contributed by atoms with Gasteiger partial charge in [0.1, 0.15) is 11.2 Å². The monoisotopic (exact) mass is 1090 g/mol. The van der Waals surface area contributed by atoms with Crippen LogP contribution in [0.3, 0.4) is 0 Å². The number of benzene rings is 6. The minimum Gasteiger partial charge on any atom is -0.512 e. The van der Waals surface area contributed by atoms with Crippen LogP contribution < -0.4 is 0 Å². The topological polar surface area (TPSA) is 99.4 Å². The van der Waals surface area contributed by atoms with Crippen molar-refractivity contribution in [2.45, 2.75) is 54.4 Å². The first kappa shape index (κ1) is 50.1. The van der Waals surface area contributed by atoms with Gasteiger partial charge in [-0.2, -0.15) is 0 Å². The van der Waals surface area contributed by atoms with Gasteiger partial charge in [-0.25, -0.2) is 0 Å². The second-order valence-electron chi connectivity index (χ2n) is 19.6. The van der Waals surface area contributed by atoms with Gasteiger partial charge < -0.3 is 33.1 Å². The van der Waals surface area contributed by atoms with E-state index in [1.807, 2.05) is 55.0 Å². The Bertz CT molecular complexity index is 3300. The largest absolute Gasteiger partial charge is 3.00 e. The Morgan fingerprint density at radius 3 is 1.33 bits per heavy atom. The minimum absolute atomic E-state index is 0. The maximum atomic E-state index is 6.68. The molecule has 0 bridgehead atoms. The molecule has 344 valence electrons. The number of fused-ring (bicyclic) bond motifs is 3. The van der Waals surface area contributed by atoms with Crippen molar-refractivity contribution < 1.29 is 24.5 Å². The maximum Gasteiger partial charge on any atom is 3.00 e. The molecule has 0 aliphatic carbocycles. The predicted molar refractivity (Wildman–Crippen MR) is 280 cm³/mol. The van der Waals surface area contributed by atoms with Crippen molar-refractivity contribution in [1.29, 1.82) is 10.5 Å². The maximum absolute atomic E-state index is 6.68. The molecule has 0 saturated carbocycles. The fourth-order valence-electron chi connectivity index (χ4n) is 9.17. The zero-order valence-corrected chi connectivity index (χ0v) is 42.6. The average Bonchev–Trinajstić information content (AvgIpc) is 3.77. The fourth-order valence-corrected chi connectivity index (χ4v) is 9.17. The summed E-state index contributed by atoms with van der Waals surface area (Å²) >= 11 is 0. The Kier molecular flexibility index (Phi) is 15.5. The Balaban J connectivity index is 0.00000141. The van der Waals surface area contributed by atoms with E-state index in [0.717, 1.165) is 124 Å². The number of rotatable bonds is 9. The first-order chi connectivity index (χ1) is 33.5. The van der Waals surface area contributed by atoms with Crippen molar-refractivity contribution in [3.8, 4) is 78.0 Å². The van der Waals surface area contributed by atoms with E-state index < -0.39 is 0 Å². The molecule has 0 N–H and O–H groups in total. The van der Waals surface area contributed by atoms with Crippen molar-refractivity contribution in [1.82, 2.24) is 15.0 Å². The second kappa shape index (κ2) is 21.7. The van der Waals surface area contributed by atoms with Crippen LogP contribution in [-0.4, -0.2) is 15.0 Å². The molecule has 0 aliphatic heterocycles. The molecule has 4 heterocycles. The van der Waals surface area contributed by atoms with Crippen LogP contribution >= 0.6 is 0 Å². The summed E-state index contributed by atoms with van der Waals surface area (Å²) in [6, 6.07) is 61.6. The molecule has 4 aromatic heterocycles. The van der Waals surface area contributed by atoms with Gasteiger partial charge in [-0.3, -0.25) is 9.97 Å². The molecule has 0 saturated heterocycles. The van der Waals surface area contributed by atoms with E-state index in [1.54, 1.807) is 0 Å². The van der Waals surface area contributed by atoms with Crippen molar-refractivity contribution >= 4 is 21.9 Å². The van der Waals surface area contributed by atoms with E-state index in [4.69, 9.17) is 43.0 Å². The molecule has 0 spiro atoms. The molecule has 10 aromatic rings. The number of furan rings is 1.